The summed E-state index contributed by atoms with van der Waals surface area (Å²) in [5.41, 5.74) is 0. The van der Waals surface area contributed by atoms with Gasteiger partial charge in [0.2, 0.25) is 5.91 Å². The van der Waals surface area contributed by atoms with Crippen LogP contribution in [0.5, 0.6) is 0 Å². The molecule has 0 aliphatic carbocycles. The van der Waals surface area contributed by atoms with Crippen LogP contribution in [0.4, 0.5) is 0 Å². The number of aliphatic hydroxyl groups excluding tert-OH is 2. The minimum Gasteiger partial charge on any atom is -0.462 e. The summed E-state index contributed by atoms with van der Waals surface area (Å²) in [6.45, 7) is 6.30. The van der Waals surface area contributed by atoms with Gasteiger partial charge in [-0.25, -0.2) is 0 Å². The Morgan fingerprint density at radius 3 is 1.59 bits per heavy atom. The summed E-state index contributed by atoms with van der Waals surface area (Å²) >= 11 is 0. The molecular formula is C52H93NO5. The standard InChI is InChI=1S/C52H93NO5/c1-4-7-10-13-16-19-22-23-24-25-26-27-30-33-36-39-42-45-52(57)58-48(43-40-37-34-31-28-20-17-14-11-8-5-2)46-51(56)53-49(47-54)50(55)44-41-38-35-32-29-21-18-15-12-9-6-3/h8,11,14,16-17,19-20,23-24,28,48-50,54-55H,4-7,9-10,12-13,15,18,21-22,25-27,29-47H2,1-3H3,(H,53,56)/b11-8+,17-14+,19-16-,24-23-,28-20-. The van der Waals surface area contributed by atoms with Crippen molar-refractivity contribution in [1.29, 1.82) is 0 Å². The molecule has 0 aromatic rings. The monoisotopic (exact) mass is 812 g/mol. The Morgan fingerprint density at radius 2 is 1.00 bits per heavy atom. The molecule has 336 valence electrons. The zero-order valence-corrected chi connectivity index (χ0v) is 38.2. The van der Waals surface area contributed by atoms with Crippen molar-refractivity contribution in [3.63, 3.8) is 0 Å². The predicted octanol–water partition coefficient (Wildman–Crippen LogP) is 14.5. The van der Waals surface area contributed by atoms with Crippen molar-refractivity contribution in [2.75, 3.05) is 6.61 Å². The molecule has 3 N–H and O–H groups in total. The highest BCUT2D eigenvalue weighted by atomic mass is 16.5. The van der Waals surface area contributed by atoms with Crippen LogP contribution in [0.2, 0.25) is 0 Å². The second-order valence-corrected chi connectivity index (χ2v) is 16.5. The summed E-state index contributed by atoms with van der Waals surface area (Å²) in [5.74, 6) is -0.519. The predicted molar refractivity (Wildman–Crippen MR) is 250 cm³/mol. The molecule has 0 saturated heterocycles. The lowest BCUT2D eigenvalue weighted by molar-refractivity contribution is -0.151. The number of unbranched alkanes of at least 4 members (excludes halogenated alkanes) is 23. The van der Waals surface area contributed by atoms with Gasteiger partial charge in [0, 0.05) is 6.42 Å². The molecular weight excluding hydrogens is 719 g/mol. The summed E-state index contributed by atoms with van der Waals surface area (Å²) in [4.78, 5) is 26.0. The molecule has 0 aliphatic rings. The van der Waals surface area contributed by atoms with E-state index in [9.17, 15) is 19.8 Å². The highest BCUT2D eigenvalue weighted by Gasteiger charge is 2.24. The van der Waals surface area contributed by atoms with Gasteiger partial charge in [0.05, 0.1) is 25.2 Å². The Morgan fingerprint density at radius 1 is 0.534 bits per heavy atom. The maximum absolute atomic E-state index is 13.1. The lowest BCUT2D eigenvalue weighted by atomic mass is 10.0. The third kappa shape index (κ3) is 40.3. The van der Waals surface area contributed by atoms with Gasteiger partial charge in [0.15, 0.2) is 0 Å². The topological polar surface area (TPSA) is 95.9 Å². The van der Waals surface area contributed by atoms with E-state index in [1.54, 1.807) is 0 Å². The molecule has 0 bridgehead atoms. The summed E-state index contributed by atoms with van der Waals surface area (Å²) in [5, 5.41) is 23.7. The van der Waals surface area contributed by atoms with Gasteiger partial charge >= 0.3 is 5.97 Å². The number of ether oxygens (including phenoxy) is 1. The van der Waals surface area contributed by atoms with E-state index in [4.69, 9.17) is 4.74 Å². The van der Waals surface area contributed by atoms with Gasteiger partial charge in [-0.05, 0) is 77.0 Å². The Bertz CT molecular complexity index is 1050. The number of carbonyl (C=O) groups is 2. The molecule has 6 nitrogen and oxygen atoms in total. The van der Waals surface area contributed by atoms with Gasteiger partial charge in [-0.15, -0.1) is 0 Å². The third-order valence-corrected chi connectivity index (χ3v) is 10.9. The summed E-state index contributed by atoms with van der Waals surface area (Å²) < 4.78 is 5.90. The minimum absolute atomic E-state index is 0.0499. The van der Waals surface area contributed by atoms with E-state index in [1.807, 2.05) is 12.2 Å². The second kappa shape index (κ2) is 45.6. The summed E-state index contributed by atoms with van der Waals surface area (Å²) in [6.07, 6.45) is 55.7. The molecule has 1 amide bonds. The summed E-state index contributed by atoms with van der Waals surface area (Å²) in [6, 6.07) is -0.714. The third-order valence-electron chi connectivity index (χ3n) is 10.9. The van der Waals surface area contributed by atoms with Crippen LogP contribution in [0.15, 0.2) is 60.8 Å². The molecule has 58 heavy (non-hydrogen) atoms. The number of carbonyl (C=O) groups excluding carboxylic acids is 2. The SMILES string of the molecule is CC/C=C/C=C/C=C\CCCCCC(CC(=O)NC(CO)C(O)CCCCCCCCCCCCC)OC(=O)CCCCCCCCC/C=C\C/C=C\CCCCC. The van der Waals surface area contributed by atoms with Gasteiger partial charge in [-0.2, -0.15) is 0 Å². The molecule has 0 aromatic heterocycles. The van der Waals surface area contributed by atoms with E-state index in [1.165, 1.54) is 103 Å². The van der Waals surface area contributed by atoms with Crippen molar-refractivity contribution < 1.29 is 24.5 Å². The van der Waals surface area contributed by atoms with Crippen molar-refractivity contribution in [2.24, 2.45) is 0 Å². The van der Waals surface area contributed by atoms with Crippen LogP contribution in [-0.4, -0.2) is 46.9 Å². The van der Waals surface area contributed by atoms with Crippen molar-refractivity contribution in [1.82, 2.24) is 5.32 Å². The number of allylic oxidation sites excluding steroid dienone is 10. The smallest absolute Gasteiger partial charge is 0.306 e. The van der Waals surface area contributed by atoms with Crippen molar-refractivity contribution in [2.45, 2.75) is 251 Å². The number of hydrogen-bond donors (Lipinski definition) is 3. The molecule has 3 unspecified atom stereocenters. The van der Waals surface area contributed by atoms with Crippen LogP contribution < -0.4 is 5.32 Å². The highest BCUT2D eigenvalue weighted by molar-refractivity contribution is 5.77. The molecule has 0 heterocycles. The number of esters is 1. The molecule has 0 aliphatic heterocycles. The maximum atomic E-state index is 13.1. The molecule has 3 atom stereocenters. The fourth-order valence-electron chi connectivity index (χ4n) is 7.17. The normalized spacial score (nSPS) is 13.8. The average Bonchev–Trinajstić information content (AvgIpc) is 3.22. The first-order chi connectivity index (χ1) is 28.5. The first kappa shape index (κ1) is 55.6. The van der Waals surface area contributed by atoms with E-state index in [0.29, 0.717) is 19.3 Å². The highest BCUT2D eigenvalue weighted by Crippen LogP contribution is 2.17. The van der Waals surface area contributed by atoms with Crippen LogP contribution in [0, 0.1) is 0 Å². The van der Waals surface area contributed by atoms with Gasteiger partial charge in [0.25, 0.3) is 0 Å². The van der Waals surface area contributed by atoms with Crippen molar-refractivity contribution in [3.05, 3.63) is 60.8 Å². The molecule has 0 spiro atoms. The van der Waals surface area contributed by atoms with Crippen LogP contribution in [0.25, 0.3) is 0 Å². The molecule has 0 radical (unpaired) electrons. The number of hydrogen-bond acceptors (Lipinski definition) is 5. The first-order valence-corrected chi connectivity index (χ1v) is 24.5. The fraction of sp³-hybridized carbons (Fsp3) is 0.769. The number of aliphatic hydroxyl groups is 2. The number of nitrogens with one attached hydrogen (secondary N) is 1. The lowest BCUT2D eigenvalue weighted by Crippen LogP contribution is -2.46. The molecule has 0 saturated carbocycles. The first-order valence-electron chi connectivity index (χ1n) is 24.5. The zero-order chi connectivity index (χ0) is 42.4. The van der Waals surface area contributed by atoms with Gasteiger partial charge in [-0.1, -0.05) is 204 Å². The number of amides is 1. The second-order valence-electron chi connectivity index (χ2n) is 16.5. The Balaban J connectivity index is 4.58. The van der Waals surface area contributed by atoms with E-state index in [0.717, 1.165) is 83.5 Å². The van der Waals surface area contributed by atoms with Crippen LogP contribution >= 0.6 is 0 Å². The quantitative estimate of drug-likeness (QED) is 0.0247. The zero-order valence-electron chi connectivity index (χ0n) is 38.2. The van der Waals surface area contributed by atoms with Gasteiger partial charge in [-0.3, -0.25) is 9.59 Å². The van der Waals surface area contributed by atoms with E-state index in [2.05, 4.69) is 74.7 Å². The molecule has 6 heteroatoms. The number of rotatable bonds is 43. The molecule has 0 rings (SSSR count). The molecule has 0 fully saturated rings. The lowest BCUT2D eigenvalue weighted by Gasteiger charge is -2.24. The van der Waals surface area contributed by atoms with Gasteiger partial charge in [0.1, 0.15) is 6.10 Å². The largest absolute Gasteiger partial charge is 0.462 e. The fourth-order valence-corrected chi connectivity index (χ4v) is 7.17. The average molecular weight is 812 g/mol. The van der Waals surface area contributed by atoms with E-state index in [-0.39, 0.29) is 24.9 Å². The van der Waals surface area contributed by atoms with Crippen LogP contribution in [0.1, 0.15) is 233 Å². The Kier molecular flexibility index (Phi) is 43.7. The van der Waals surface area contributed by atoms with Crippen LogP contribution in [-0.2, 0) is 14.3 Å². The summed E-state index contributed by atoms with van der Waals surface area (Å²) in [7, 11) is 0. The Hall–Kier alpha value is -2.44. The van der Waals surface area contributed by atoms with Crippen LogP contribution in [0.3, 0.4) is 0 Å². The van der Waals surface area contributed by atoms with Crippen molar-refractivity contribution in [3.8, 4) is 0 Å². The van der Waals surface area contributed by atoms with E-state index >= 15 is 0 Å². The van der Waals surface area contributed by atoms with Crippen molar-refractivity contribution >= 4 is 11.9 Å². The minimum atomic E-state index is -0.798. The Labute approximate surface area is 358 Å². The van der Waals surface area contributed by atoms with Gasteiger partial charge < -0.3 is 20.3 Å². The maximum Gasteiger partial charge on any atom is 0.306 e. The van der Waals surface area contributed by atoms with E-state index < -0.39 is 18.2 Å². The molecule has 0 aromatic carbocycles.